The molecule has 0 saturated carbocycles. The molecular formula is C37H24F5N9. The highest BCUT2D eigenvalue weighted by Gasteiger charge is 2.24. The molecule has 0 fully saturated rings. The molecule has 0 amide bonds. The quantitative estimate of drug-likeness (QED) is 0.126. The molecule has 0 aliphatic carbocycles. The molecule has 7 aromatic rings. The van der Waals surface area contributed by atoms with Crippen LogP contribution in [0.5, 0.6) is 0 Å². The molecule has 6 aromatic heterocycles. The van der Waals surface area contributed by atoms with Crippen LogP contribution in [0.15, 0.2) is 73.6 Å². The first-order valence-electron chi connectivity index (χ1n) is 15.4. The van der Waals surface area contributed by atoms with Crippen molar-refractivity contribution in [2.24, 2.45) is 0 Å². The number of aryl methyl sites for hydroxylation is 1. The van der Waals surface area contributed by atoms with Gasteiger partial charge in [0.2, 0.25) is 29.7 Å². The second kappa shape index (κ2) is 13.1. The summed E-state index contributed by atoms with van der Waals surface area (Å²) in [4.78, 5) is 37.6. The largest absolute Gasteiger partial charge is 0.252 e. The van der Waals surface area contributed by atoms with Crippen LogP contribution in [-0.4, -0.2) is 44.9 Å². The van der Waals surface area contributed by atoms with Gasteiger partial charge in [0, 0.05) is 22.4 Å². The van der Waals surface area contributed by atoms with Gasteiger partial charge in [-0.15, -0.1) is 0 Å². The second-order valence-corrected chi connectivity index (χ2v) is 11.6. The normalized spacial score (nSPS) is 11.2. The van der Waals surface area contributed by atoms with Crippen molar-refractivity contribution < 1.29 is 22.0 Å². The van der Waals surface area contributed by atoms with Crippen LogP contribution in [0.25, 0.3) is 67.5 Å². The number of benzene rings is 1. The standard InChI is InChI=1S/C37H24F5N9/c1-17-5-6-21(35(40)49-17)24-11-46-27(14-43-24)32-18(2)33(28-15-44-25(12-47-28)22-7-9-30(38)50-36(22)41)20(4)34(19(32)3)29-16-45-26(13-48-29)23-8-10-31(39)51-37(23)42/h5-16H,1-4H3. The maximum Gasteiger partial charge on any atom is 0.225 e. The fourth-order valence-electron chi connectivity index (χ4n) is 6.08. The molecule has 1 aromatic carbocycles. The highest BCUT2D eigenvalue weighted by Crippen LogP contribution is 2.42. The van der Waals surface area contributed by atoms with E-state index in [0.717, 1.165) is 28.8 Å². The van der Waals surface area contributed by atoms with Crippen molar-refractivity contribution in [3.8, 4) is 67.5 Å². The number of halogens is 5. The Hall–Kier alpha value is -6.44. The molecule has 252 valence electrons. The summed E-state index contributed by atoms with van der Waals surface area (Å²) in [5.41, 5.74) is 6.80. The van der Waals surface area contributed by atoms with Gasteiger partial charge in [-0.25, -0.2) is 4.98 Å². The van der Waals surface area contributed by atoms with E-state index >= 15 is 0 Å². The summed E-state index contributed by atoms with van der Waals surface area (Å²) < 4.78 is 70.5. The van der Waals surface area contributed by atoms with Crippen LogP contribution in [0.4, 0.5) is 22.0 Å². The minimum Gasteiger partial charge on any atom is -0.252 e. The molecule has 0 radical (unpaired) electrons. The van der Waals surface area contributed by atoms with E-state index in [9.17, 15) is 22.0 Å². The van der Waals surface area contributed by atoms with Crippen molar-refractivity contribution in [1.29, 1.82) is 0 Å². The molecule has 51 heavy (non-hydrogen) atoms. The summed E-state index contributed by atoms with van der Waals surface area (Å²) in [6.45, 7) is 7.32. The number of pyridine rings is 3. The summed E-state index contributed by atoms with van der Waals surface area (Å²) in [7, 11) is 0. The van der Waals surface area contributed by atoms with Crippen LogP contribution in [0, 0.1) is 57.4 Å². The van der Waals surface area contributed by atoms with Gasteiger partial charge in [-0.05, 0) is 80.8 Å². The zero-order valence-electron chi connectivity index (χ0n) is 27.3. The van der Waals surface area contributed by atoms with Crippen LogP contribution in [0.1, 0.15) is 22.4 Å². The average Bonchev–Trinajstić information content (AvgIpc) is 3.10. The van der Waals surface area contributed by atoms with E-state index in [1.165, 1.54) is 49.3 Å². The van der Waals surface area contributed by atoms with Crippen LogP contribution in [0.2, 0.25) is 0 Å². The first-order chi connectivity index (χ1) is 24.5. The van der Waals surface area contributed by atoms with E-state index in [0.29, 0.717) is 45.2 Å². The van der Waals surface area contributed by atoms with Crippen molar-refractivity contribution in [2.75, 3.05) is 0 Å². The lowest BCUT2D eigenvalue weighted by molar-refractivity contribution is 0.514. The Bertz CT molecular complexity index is 2160. The van der Waals surface area contributed by atoms with E-state index in [-0.39, 0.29) is 28.1 Å². The Morgan fingerprint density at radius 1 is 0.353 bits per heavy atom. The van der Waals surface area contributed by atoms with Gasteiger partial charge in [-0.1, -0.05) is 0 Å². The smallest absolute Gasteiger partial charge is 0.225 e. The molecule has 0 aliphatic heterocycles. The van der Waals surface area contributed by atoms with Gasteiger partial charge in [0.05, 0.1) is 88.0 Å². The van der Waals surface area contributed by atoms with E-state index in [4.69, 9.17) is 0 Å². The van der Waals surface area contributed by atoms with Gasteiger partial charge in [0.15, 0.2) is 0 Å². The Balaban J connectivity index is 1.38. The van der Waals surface area contributed by atoms with Crippen molar-refractivity contribution in [3.05, 3.63) is 126 Å². The van der Waals surface area contributed by atoms with Crippen molar-refractivity contribution in [2.45, 2.75) is 27.7 Å². The second-order valence-electron chi connectivity index (χ2n) is 11.6. The Morgan fingerprint density at radius 2 is 0.647 bits per heavy atom. The lowest BCUT2D eigenvalue weighted by atomic mass is 9.84. The molecule has 0 aliphatic rings. The monoisotopic (exact) mass is 689 g/mol. The predicted molar refractivity (Wildman–Crippen MR) is 178 cm³/mol. The number of rotatable bonds is 6. The van der Waals surface area contributed by atoms with E-state index < -0.39 is 29.7 Å². The fourth-order valence-corrected chi connectivity index (χ4v) is 6.08. The Kier molecular flexibility index (Phi) is 8.51. The maximum absolute atomic E-state index is 14.7. The van der Waals surface area contributed by atoms with Gasteiger partial charge in [0.25, 0.3) is 0 Å². The van der Waals surface area contributed by atoms with Crippen LogP contribution >= 0.6 is 0 Å². The third kappa shape index (κ3) is 6.16. The predicted octanol–water partition coefficient (Wildman–Crippen LogP) is 8.17. The average molecular weight is 690 g/mol. The molecule has 0 unspecified atom stereocenters. The van der Waals surface area contributed by atoms with Crippen molar-refractivity contribution >= 4 is 0 Å². The number of nitrogens with zero attached hydrogens (tertiary/aromatic N) is 9. The van der Waals surface area contributed by atoms with Crippen LogP contribution in [-0.2, 0) is 0 Å². The lowest BCUT2D eigenvalue weighted by Crippen LogP contribution is -2.05. The van der Waals surface area contributed by atoms with Gasteiger partial charge < -0.3 is 0 Å². The Labute approximate surface area is 287 Å². The summed E-state index contributed by atoms with van der Waals surface area (Å²) in [6.07, 6.45) is 8.66. The number of aromatic nitrogens is 9. The van der Waals surface area contributed by atoms with Gasteiger partial charge in [-0.2, -0.15) is 31.9 Å². The molecule has 6 heterocycles. The zero-order valence-corrected chi connectivity index (χ0v) is 27.3. The highest BCUT2D eigenvalue weighted by molar-refractivity contribution is 5.89. The van der Waals surface area contributed by atoms with E-state index in [1.54, 1.807) is 19.1 Å². The molecular weight excluding hydrogens is 665 g/mol. The zero-order chi connectivity index (χ0) is 36.0. The summed E-state index contributed by atoms with van der Waals surface area (Å²) in [5.74, 6) is -4.63. The molecule has 0 atom stereocenters. The van der Waals surface area contributed by atoms with Gasteiger partial charge >= 0.3 is 0 Å². The lowest BCUT2D eigenvalue weighted by Gasteiger charge is -2.22. The molecule has 14 heteroatoms. The molecule has 0 spiro atoms. The van der Waals surface area contributed by atoms with E-state index in [1.807, 2.05) is 20.8 Å². The molecule has 7 rings (SSSR count). The summed E-state index contributed by atoms with van der Waals surface area (Å²) in [5, 5.41) is 0. The molecule has 9 nitrogen and oxygen atoms in total. The molecule has 0 saturated heterocycles. The number of hydrogen-bond donors (Lipinski definition) is 0. The van der Waals surface area contributed by atoms with E-state index in [2.05, 4.69) is 44.9 Å². The summed E-state index contributed by atoms with van der Waals surface area (Å²) >= 11 is 0. The minimum absolute atomic E-state index is 0.0205. The van der Waals surface area contributed by atoms with Gasteiger partial charge in [-0.3, -0.25) is 29.9 Å². The first kappa shape index (κ1) is 33.1. The van der Waals surface area contributed by atoms with Crippen LogP contribution < -0.4 is 0 Å². The van der Waals surface area contributed by atoms with Crippen LogP contribution in [0.3, 0.4) is 0 Å². The fraction of sp³-hybridized carbons (Fsp3) is 0.108. The minimum atomic E-state index is -1.02. The molecule has 0 bridgehead atoms. The maximum atomic E-state index is 14.7. The highest BCUT2D eigenvalue weighted by atomic mass is 19.2. The summed E-state index contributed by atoms with van der Waals surface area (Å²) in [6, 6.07) is 7.80. The number of hydrogen-bond acceptors (Lipinski definition) is 9. The first-order valence-corrected chi connectivity index (χ1v) is 15.4. The Morgan fingerprint density at radius 3 is 0.941 bits per heavy atom. The van der Waals surface area contributed by atoms with Crippen molar-refractivity contribution in [3.63, 3.8) is 0 Å². The van der Waals surface area contributed by atoms with Crippen molar-refractivity contribution in [1.82, 2.24) is 44.9 Å². The molecule has 0 N–H and O–H groups in total. The SMILES string of the molecule is Cc1ccc(-c2cnc(-c3c(C)c(-c4cnc(-c5ccc(F)nc5F)cn4)c(C)c(-c4cnc(-c5ccc(F)nc5F)cn4)c3C)cn2)c(F)n1. The van der Waals surface area contributed by atoms with Gasteiger partial charge in [0.1, 0.15) is 0 Å². The third-order valence-electron chi connectivity index (χ3n) is 8.42. The third-order valence-corrected chi connectivity index (χ3v) is 8.42. The topological polar surface area (TPSA) is 116 Å².